The first-order valence-corrected chi connectivity index (χ1v) is 12.2. The number of hydrogen-bond donors (Lipinski definition) is 0. The Morgan fingerprint density at radius 1 is 1.00 bits per heavy atom. The lowest BCUT2D eigenvalue weighted by molar-refractivity contribution is 0.105. The van der Waals surface area contributed by atoms with Crippen LogP contribution in [-0.2, 0) is 11.3 Å². The highest BCUT2D eigenvalue weighted by atomic mass is 28.3. The summed E-state index contributed by atoms with van der Waals surface area (Å²) < 4.78 is 5.54. The van der Waals surface area contributed by atoms with Crippen molar-refractivity contribution in [2.75, 3.05) is 0 Å². The molecular formula is C22H25NO2Si. The highest BCUT2D eigenvalue weighted by Crippen LogP contribution is 2.22. The molecule has 2 aromatic carbocycles. The van der Waals surface area contributed by atoms with E-state index in [1.807, 2.05) is 54.8 Å². The van der Waals surface area contributed by atoms with Gasteiger partial charge in [-0.1, -0.05) is 91.1 Å². The molecule has 0 aromatic heterocycles. The first-order chi connectivity index (χ1) is 12.6. The number of benzene rings is 2. The van der Waals surface area contributed by atoms with Gasteiger partial charge in [-0.2, -0.15) is 0 Å². The van der Waals surface area contributed by atoms with Crippen LogP contribution in [0.3, 0.4) is 0 Å². The third-order valence-corrected chi connectivity index (χ3v) is 8.07. The average molecular weight is 364 g/mol. The number of allylic oxidation sites excluding steroid dienone is 2. The lowest BCUT2D eigenvalue weighted by atomic mass is 10.2. The van der Waals surface area contributed by atoms with Crippen molar-refractivity contribution in [1.82, 2.24) is 4.90 Å². The maximum Gasteiger partial charge on any atom is 0.414 e. The van der Waals surface area contributed by atoms with Crippen LogP contribution in [-0.4, -0.2) is 25.1 Å². The van der Waals surface area contributed by atoms with Crippen LogP contribution in [0.5, 0.6) is 0 Å². The minimum atomic E-state index is -1.68. The number of carbonyl (C=O) groups is 1. The smallest absolute Gasteiger partial charge is 0.414 e. The molecule has 1 heterocycles. The van der Waals surface area contributed by atoms with E-state index in [4.69, 9.17) is 4.74 Å². The number of nitrogens with zero attached hydrogens (tertiary/aromatic N) is 1. The molecule has 0 radical (unpaired) electrons. The van der Waals surface area contributed by atoms with Gasteiger partial charge in [0.05, 0.1) is 14.1 Å². The van der Waals surface area contributed by atoms with Crippen LogP contribution in [0, 0.1) is 0 Å². The van der Waals surface area contributed by atoms with E-state index in [2.05, 4.69) is 43.4 Å². The predicted molar refractivity (Wildman–Crippen MR) is 109 cm³/mol. The van der Waals surface area contributed by atoms with Crippen LogP contribution < -0.4 is 5.19 Å². The number of hydrogen-bond acceptors (Lipinski definition) is 2. The summed E-state index contributed by atoms with van der Waals surface area (Å²) in [5.41, 5.74) is 0.993. The molecular weight excluding hydrogens is 338 g/mol. The van der Waals surface area contributed by atoms with E-state index in [0.29, 0.717) is 6.61 Å². The Morgan fingerprint density at radius 3 is 2.35 bits per heavy atom. The molecule has 3 rings (SSSR count). The zero-order valence-corrected chi connectivity index (χ0v) is 16.3. The van der Waals surface area contributed by atoms with Crippen LogP contribution in [0.25, 0.3) is 0 Å². The summed E-state index contributed by atoms with van der Waals surface area (Å²) in [7, 11) is -1.68. The molecule has 1 unspecified atom stereocenters. The van der Waals surface area contributed by atoms with Gasteiger partial charge in [0.15, 0.2) is 0 Å². The highest BCUT2D eigenvalue weighted by molar-refractivity contribution is 6.89. The number of carbonyl (C=O) groups excluding carboxylic acids is 1. The van der Waals surface area contributed by atoms with Gasteiger partial charge in [0.1, 0.15) is 6.61 Å². The molecule has 3 nitrogen and oxygen atoms in total. The Kier molecular flexibility index (Phi) is 5.74. The molecule has 0 saturated carbocycles. The minimum Gasteiger partial charge on any atom is -0.444 e. The van der Waals surface area contributed by atoms with Gasteiger partial charge in [-0.25, -0.2) is 4.79 Å². The van der Waals surface area contributed by atoms with Crippen molar-refractivity contribution in [3.05, 3.63) is 90.7 Å². The molecule has 0 N–H and O–H groups in total. The molecule has 1 aliphatic rings. The van der Waals surface area contributed by atoms with Gasteiger partial charge >= 0.3 is 6.09 Å². The molecule has 2 aromatic rings. The van der Waals surface area contributed by atoms with E-state index in [0.717, 1.165) is 11.6 Å². The highest BCUT2D eigenvalue weighted by Gasteiger charge is 2.32. The van der Waals surface area contributed by atoms with Crippen molar-refractivity contribution in [2.24, 2.45) is 0 Å². The fraction of sp³-hybridized carbons (Fsp3) is 0.227. The van der Waals surface area contributed by atoms with Crippen molar-refractivity contribution in [2.45, 2.75) is 31.8 Å². The van der Waals surface area contributed by atoms with Gasteiger partial charge in [0.2, 0.25) is 0 Å². The Bertz CT molecular complexity index is 784. The van der Waals surface area contributed by atoms with Gasteiger partial charge in [-0.15, -0.1) is 0 Å². The molecule has 0 fully saturated rings. The third-order valence-electron chi connectivity index (χ3n) is 4.74. The van der Waals surface area contributed by atoms with Crippen LogP contribution in [0.4, 0.5) is 4.79 Å². The summed E-state index contributed by atoms with van der Waals surface area (Å²) in [5, 5.41) is 1.40. The van der Waals surface area contributed by atoms with Gasteiger partial charge in [-0.05, 0) is 17.7 Å². The Morgan fingerprint density at radius 2 is 1.65 bits per heavy atom. The second-order valence-electron chi connectivity index (χ2n) is 7.20. The zero-order valence-electron chi connectivity index (χ0n) is 15.3. The minimum absolute atomic E-state index is 0.0325. The summed E-state index contributed by atoms with van der Waals surface area (Å²) >= 11 is 0. The fourth-order valence-electron chi connectivity index (χ4n) is 3.22. The SMILES string of the molecule is C[Si](C)(CC1C=CC=CN1C(=O)OCc1ccccc1)c1ccccc1. The van der Waals surface area contributed by atoms with E-state index < -0.39 is 8.07 Å². The summed E-state index contributed by atoms with van der Waals surface area (Å²) in [6.07, 6.45) is 7.53. The third kappa shape index (κ3) is 4.52. The number of amides is 1. The van der Waals surface area contributed by atoms with E-state index in [-0.39, 0.29) is 12.1 Å². The molecule has 0 saturated heterocycles. The Labute approximate surface area is 156 Å². The van der Waals surface area contributed by atoms with Crippen LogP contribution in [0.1, 0.15) is 5.56 Å². The fourth-order valence-corrected chi connectivity index (χ4v) is 5.93. The first kappa shape index (κ1) is 18.2. The lowest BCUT2D eigenvalue weighted by Gasteiger charge is -2.33. The maximum atomic E-state index is 12.6. The normalized spacial score (nSPS) is 16.5. The zero-order chi connectivity index (χ0) is 18.4. The maximum absolute atomic E-state index is 12.6. The number of rotatable bonds is 5. The first-order valence-electron chi connectivity index (χ1n) is 8.96. The number of ether oxygens (including phenoxy) is 1. The van der Waals surface area contributed by atoms with Gasteiger partial charge in [0, 0.05) is 6.20 Å². The summed E-state index contributed by atoms with van der Waals surface area (Å²) in [5.74, 6) is 0. The van der Waals surface area contributed by atoms with Crippen LogP contribution in [0.15, 0.2) is 85.1 Å². The molecule has 0 bridgehead atoms. The monoisotopic (exact) mass is 363 g/mol. The van der Waals surface area contributed by atoms with Gasteiger partial charge in [0.25, 0.3) is 0 Å². The standard InChI is InChI=1S/C22H25NO2Si/c1-26(2,21-14-7-4-8-15-21)18-20-13-9-10-16-23(20)22(24)25-17-19-11-5-3-6-12-19/h3-16,20H,17-18H2,1-2H3. The van der Waals surface area contributed by atoms with Crippen molar-refractivity contribution < 1.29 is 9.53 Å². The van der Waals surface area contributed by atoms with E-state index in [1.165, 1.54) is 5.19 Å². The molecule has 0 aliphatic carbocycles. The van der Waals surface area contributed by atoms with Crippen molar-refractivity contribution >= 4 is 19.4 Å². The Hall–Kier alpha value is -2.59. The van der Waals surface area contributed by atoms with Crippen molar-refractivity contribution in [1.29, 1.82) is 0 Å². The molecule has 134 valence electrons. The van der Waals surface area contributed by atoms with Crippen molar-refractivity contribution in [3.63, 3.8) is 0 Å². The predicted octanol–water partition coefficient (Wildman–Crippen LogP) is 4.69. The van der Waals surface area contributed by atoms with E-state index >= 15 is 0 Å². The van der Waals surface area contributed by atoms with Gasteiger partial charge in [-0.3, -0.25) is 4.90 Å². The van der Waals surface area contributed by atoms with Gasteiger partial charge < -0.3 is 4.74 Å². The van der Waals surface area contributed by atoms with E-state index in [1.54, 1.807) is 4.90 Å². The summed E-state index contributed by atoms with van der Waals surface area (Å²) in [6.45, 7) is 4.99. The molecule has 26 heavy (non-hydrogen) atoms. The van der Waals surface area contributed by atoms with Crippen LogP contribution >= 0.6 is 0 Å². The lowest BCUT2D eigenvalue weighted by Crippen LogP contribution is -2.48. The van der Waals surface area contributed by atoms with Crippen LogP contribution in [0.2, 0.25) is 19.1 Å². The molecule has 1 atom stereocenters. The summed E-state index contributed by atoms with van der Waals surface area (Å²) in [4.78, 5) is 14.4. The summed E-state index contributed by atoms with van der Waals surface area (Å²) in [6, 6.07) is 21.4. The Balaban J connectivity index is 1.67. The second kappa shape index (κ2) is 8.19. The largest absolute Gasteiger partial charge is 0.444 e. The molecule has 1 aliphatic heterocycles. The second-order valence-corrected chi connectivity index (χ2v) is 11.9. The van der Waals surface area contributed by atoms with Crippen molar-refractivity contribution in [3.8, 4) is 0 Å². The average Bonchev–Trinajstić information content (AvgIpc) is 2.68. The molecule has 4 heteroatoms. The molecule has 0 spiro atoms. The van der Waals surface area contributed by atoms with E-state index in [9.17, 15) is 4.79 Å². The molecule has 1 amide bonds. The quantitative estimate of drug-likeness (QED) is 0.721. The topological polar surface area (TPSA) is 29.5 Å².